The van der Waals surface area contributed by atoms with E-state index in [1.54, 1.807) is 4.90 Å². The van der Waals surface area contributed by atoms with Crippen molar-refractivity contribution in [2.75, 3.05) is 0 Å². The highest BCUT2D eigenvalue weighted by atomic mass is 16.6. The van der Waals surface area contributed by atoms with Crippen LogP contribution in [0.5, 0.6) is 0 Å². The molecule has 0 unspecified atom stereocenters. The van der Waals surface area contributed by atoms with Crippen LogP contribution in [0.25, 0.3) is 0 Å². The van der Waals surface area contributed by atoms with E-state index in [1.165, 1.54) is 19.3 Å². The molecule has 0 radical (unpaired) electrons. The fourth-order valence-electron chi connectivity index (χ4n) is 4.19. The molecule has 0 N–H and O–H groups in total. The number of ether oxygens (including phenoxy) is 1. The molecule has 0 spiro atoms. The maximum Gasteiger partial charge on any atom is 0.411 e. The molecular formula is C17H27NO3. The highest BCUT2D eigenvalue weighted by Gasteiger charge is 2.50. The van der Waals surface area contributed by atoms with Gasteiger partial charge in [0.15, 0.2) is 0 Å². The molecule has 4 heteroatoms. The van der Waals surface area contributed by atoms with Crippen LogP contribution in [0.3, 0.4) is 0 Å². The molecular weight excluding hydrogens is 266 g/mol. The number of hydrogen-bond donors (Lipinski definition) is 0. The number of rotatable bonds is 3. The Kier molecular flexibility index (Phi) is 3.74. The van der Waals surface area contributed by atoms with Gasteiger partial charge in [0.25, 0.3) is 0 Å². The van der Waals surface area contributed by atoms with Crippen molar-refractivity contribution in [1.29, 1.82) is 0 Å². The number of carbonyl (C=O) groups excluding carboxylic acids is 2. The van der Waals surface area contributed by atoms with E-state index in [-0.39, 0.29) is 18.2 Å². The standard InChI is InChI=1S/C17H27NO3/c1-17(2,3)21-16(20)18-14-7-6-12(15(18)10-19)9-13(14)8-11-4-5-11/h10-15H,4-9H2,1-3H3/t12-,13+,14+,15-/m1/s1. The first-order valence-electron chi connectivity index (χ1n) is 8.35. The summed E-state index contributed by atoms with van der Waals surface area (Å²) < 4.78 is 5.56. The Hall–Kier alpha value is -1.06. The number of hydrogen-bond acceptors (Lipinski definition) is 3. The van der Waals surface area contributed by atoms with Crippen molar-refractivity contribution < 1.29 is 14.3 Å². The SMILES string of the molecule is CC(C)(C)OC(=O)N1[C@H](C=O)[C@@H]2CC[C@H]1[C@@H](CC1CC1)C2. The topological polar surface area (TPSA) is 46.6 Å². The molecule has 0 aromatic heterocycles. The second kappa shape index (κ2) is 5.29. The summed E-state index contributed by atoms with van der Waals surface area (Å²) in [5, 5.41) is 0. The van der Waals surface area contributed by atoms with Gasteiger partial charge in [-0.1, -0.05) is 12.8 Å². The van der Waals surface area contributed by atoms with Gasteiger partial charge in [0.2, 0.25) is 0 Å². The molecule has 0 aromatic rings. The molecule has 4 rings (SSSR count). The summed E-state index contributed by atoms with van der Waals surface area (Å²) in [7, 11) is 0. The molecule has 4 nitrogen and oxygen atoms in total. The van der Waals surface area contributed by atoms with Gasteiger partial charge in [0, 0.05) is 6.04 Å². The van der Waals surface area contributed by atoms with Crippen LogP contribution in [0.4, 0.5) is 4.79 Å². The largest absolute Gasteiger partial charge is 0.444 e. The van der Waals surface area contributed by atoms with Gasteiger partial charge in [0.1, 0.15) is 11.9 Å². The first kappa shape index (κ1) is 14.9. The van der Waals surface area contributed by atoms with E-state index in [2.05, 4.69) is 0 Å². The number of piperidine rings is 2. The molecule has 4 atom stereocenters. The monoisotopic (exact) mass is 293 g/mol. The van der Waals surface area contributed by atoms with Crippen LogP contribution >= 0.6 is 0 Å². The summed E-state index contributed by atoms with van der Waals surface area (Å²) in [5.74, 6) is 1.77. The van der Waals surface area contributed by atoms with Gasteiger partial charge in [-0.3, -0.25) is 4.90 Å². The van der Waals surface area contributed by atoms with Crippen molar-refractivity contribution in [3.63, 3.8) is 0 Å². The number of aldehydes is 1. The third kappa shape index (κ3) is 3.09. The first-order chi connectivity index (χ1) is 9.89. The molecule has 21 heavy (non-hydrogen) atoms. The van der Waals surface area contributed by atoms with Crippen molar-refractivity contribution in [2.24, 2.45) is 17.8 Å². The smallest absolute Gasteiger partial charge is 0.411 e. The molecule has 4 aliphatic rings. The summed E-state index contributed by atoms with van der Waals surface area (Å²) in [6.45, 7) is 5.64. The Bertz CT molecular complexity index is 424. The lowest BCUT2D eigenvalue weighted by Gasteiger charge is -2.53. The minimum Gasteiger partial charge on any atom is -0.444 e. The maximum atomic E-state index is 12.6. The molecule has 4 fully saturated rings. The lowest BCUT2D eigenvalue weighted by atomic mass is 9.67. The van der Waals surface area contributed by atoms with Crippen molar-refractivity contribution >= 4 is 12.4 Å². The molecule has 2 saturated heterocycles. The molecule has 2 bridgehead atoms. The van der Waals surface area contributed by atoms with E-state index in [0.717, 1.165) is 31.5 Å². The third-order valence-electron chi connectivity index (χ3n) is 5.22. The zero-order chi connectivity index (χ0) is 15.2. The molecule has 2 saturated carbocycles. The Morgan fingerprint density at radius 3 is 2.52 bits per heavy atom. The van der Waals surface area contributed by atoms with Gasteiger partial charge in [-0.15, -0.1) is 0 Å². The zero-order valence-corrected chi connectivity index (χ0v) is 13.4. The van der Waals surface area contributed by atoms with Crippen LogP contribution in [0.2, 0.25) is 0 Å². The lowest BCUT2D eigenvalue weighted by Crippen LogP contribution is -2.62. The van der Waals surface area contributed by atoms with Crippen LogP contribution in [0.1, 0.15) is 59.3 Å². The Morgan fingerprint density at radius 1 is 1.24 bits per heavy atom. The third-order valence-corrected chi connectivity index (χ3v) is 5.22. The number of nitrogens with zero attached hydrogens (tertiary/aromatic N) is 1. The fourth-order valence-corrected chi connectivity index (χ4v) is 4.19. The number of carbonyl (C=O) groups is 2. The van der Waals surface area contributed by atoms with Crippen molar-refractivity contribution in [3.05, 3.63) is 0 Å². The summed E-state index contributed by atoms with van der Waals surface area (Å²) in [6, 6.07) is -0.0605. The minimum atomic E-state index is -0.507. The molecule has 118 valence electrons. The average molecular weight is 293 g/mol. The number of fused-ring (bicyclic) bond motifs is 3. The van der Waals surface area contributed by atoms with Crippen LogP contribution in [-0.2, 0) is 9.53 Å². The van der Waals surface area contributed by atoms with Gasteiger partial charge >= 0.3 is 6.09 Å². The molecule has 2 aliphatic heterocycles. The van der Waals surface area contributed by atoms with Gasteiger partial charge in [0.05, 0.1) is 6.04 Å². The molecule has 2 heterocycles. The summed E-state index contributed by atoms with van der Waals surface area (Å²) in [4.78, 5) is 25.9. The maximum absolute atomic E-state index is 12.6. The lowest BCUT2D eigenvalue weighted by molar-refractivity contribution is -0.124. The zero-order valence-electron chi connectivity index (χ0n) is 13.4. The van der Waals surface area contributed by atoms with Crippen LogP contribution in [0.15, 0.2) is 0 Å². The van der Waals surface area contributed by atoms with E-state index in [9.17, 15) is 9.59 Å². The fraction of sp³-hybridized carbons (Fsp3) is 0.882. The molecule has 1 amide bonds. The highest BCUT2D eigenvalue weighted by Crippen LogP contribution is 2.48. The van der Waals surface area contributed by atoms with Gasteiger partial charge in [-0.25, -0.2) is 4.79 Å². The van der Waals surface area contributed by atoms with E-state index < -0.39 is 5.60 Å². The Balaban J connectivity index is 1.77. The molecule has 0 aromatic carbocycles. The van der Waals surface area contributed by atoms with Crippen LogP contribution in [0, 0.1) is 17.8 Å². The quantitative estimate of drug-likeness (QED) is 0.749. The van der Waals surface area contributed by atoms with E-state index >= 15 is 0 Å². The minimum absolute atomic E-state index is 0.209. The van der Waals surface area contributed by atoms with Crippen molar-refractivity contribution in [2.45, 2.75) is 77.0 Å². The summed E-state index contributed by atoms with van der Waals surface area (Å²) >= 11 is 0. The summed E-state index contributed by atoms with van der Waals surface area (Å²) in [5.41, 5.74) is -0.507. The first-order valence-corrected chi connectivity index (χ1v) is 8.35. The van der Waals surface area contributed by atoms with Gasteiger partial charge < -0.3 is 9.53 Å². The van der Waals surface area contributed by atoms with E-state index in [0.29, 0.717) is 11.8 Å². The van der Waals surface area contributed by atoms with Gasteiger partial charge in [-0.2, -0.15) is 0 Å². The normalized spacial score (nSPS) is 35.7. The van der Waals surface area contributed by atoms with Gasteiger partial charge in [-0.05, 0) is 64.2 Å². The van der Waals surface area contributed by atoms with E-state index in [1.807, 2.05) is 20.8 Å². The number of amides is 1. The van der Waals surface area contributed by atoms with Crippen LogP contribution < -0.4 is 0 Å². The van der Waals surface area contributed by atoms with Crippen molar-refractivity contribution in [3.8, 4) is 0 Å². The van der Waals surface area contributed by atoms with Crippen LogP contribution in [-0.4, -0.2) is 35.0 Å². The second-order valence-electron chi connectivity index (χ2n) is 8.09. The van der Waals surface area contributed by atoms with E-state index in [4.69, 9.17) is 4.74 Å². The Labute approximate surface area is 127 Å². The predicted molar refractivity (Wildman–Crippen MR) is 79.9 cm³/mol. The Morgan fingerprint density at radius 2 is 1.95 bits per heavy atom. The summed E-state index contributed by atoms with van der Waals surface area (Å²) in [6.07, 6.45) is 7.81. The average Bonchev–Trinajstić information content (AvgIpc) is 3.20. The second-order valence-corrected chi connectivity index (χ2v) is 8.09. The predicted octanol–water partition coefficient (Wildman–Crippen LogP) is 3.39. The van der Waals surface area contributed by atoms with Crippen molar-refractivity contribution in [1.82, 2.24) is 4.90 Å². The molecule has 2 aliphatic carbocycles. The highest BCUT2D eigenvalue weighted by molar-refractivity contribution is 5.75.